The van der Waals surface area contributed by atoms with E-state index in [2.05, 4.69) is 26.1 Å². The molecule has 0 aromatic heterocycles. The molecule has 2 heteroatoms. The highest BCUT2D eigenvalue weighted by Crippen LogP contribution is 2.30. The van der Waals surface area contributed by atoms with E-state index in [1.807, 2.05) is 0 Å². The molecule has 0 spiro atoms. The molecule has 0 bridgehead atoms. The minimum atomic E-state index is 0.114. The Labute approximate surface area is 100 Å². The third kappa shape index (κ3) is 3.21. The molecule has 0 radical (unpaired) electrons. The topological polar surface area (TPSA) is 21.3 Å². The Morgan fingerprint density at radius 3 is 2.50 bits per heavy atom. The summed E-state index contributed by atoms with van der Waals surface area (Å²) in [6, 6.07) is 0.676. The molecule has 2 fully saturated rings. The lowest BCUT2D eigenvalue weighted by molar-refractivity contribution is -0.0155. The standard InChI is InChI=1S/C14H27NO/c1-11(12-6-4-5-7-12)15-10-13-8-9-14(2,3)16-13/h11-13,15H,4-10H2,1-3H3/t11-,13?/m1/s1. The van der Waals surface area contributed by atoms with Crippen LogP contribution < -0.4 is 5.32 Å². The van der Waals surface area contributed by atoms with Crippen molar-refractivity contribution in [3.05, 3.63) is 0 Å². The van der Waals surface area contributed by atoms with Crippen molar-refractivity contribution in [1.82, 2.24) is 5.32 Å². The highest BCUT2D eigenvalue weighted by Gasteiger charge is 2.32. The second-order valence-corrected chi connectivity index (χ2v) is 6.28. The monoisotopic (exact) mass is 225 g/mol. The molecule has 1 unspecified atom stereocenters. The molecule has 1 aliphatic carbocycles. The van der Waals surface area contributed by atoms with Crippen LogP contribution in [0.3, 0.4) is 0 Å². The van der Waals surface area contributed by atoms with Crippen molar-refractivity contribution in [1.29, 1.82) is 0 Å². The molecule has 16 heavy (non-hydrogen) atoms. The first-order valence-electron chi connectivity index (χ1n) is 6.98. The van der Waals surface area contributed by atoms with E-state index in [4.69, 9.17) is 4.74 Å². The maximum absolute atomic E-state index is 6.00. The van der Waals surface area contributed by atoms with Gasteiger partial charge in [-0.25, -0.2) is 0 Å². The molecule has 1 N–H and O–H groups in total. The van der Waals surface area contributed by atoms with Gasteiger partial charge in [-0.2, -0.15) is 0 Å². The van der Waals surface area contributed by atoms with E-state index in [1.54, 1.807) is 0 Å². The average Bonchev–Trinajstić information content (AvgIpc) is 2.83. The summed E-state index contributed by atoms with van der Waals surface area (Å²) in [7, 11) is 0. The maximum Gasteiger partial charge on any atom is 0.0707 e. The molecule has 0 amide bonds. The molecule has 2 atom stereocenters. The third-order valence-corrected chi connectivity index (χ3v) is 4.33. The van der Waals surface area contributed by atoms with Crippen LogP contribution in [0.1, 0.15) is 59.3 Å². The maximum atomic E-state index is 6.00. The third-order valence-electron chi connectivity index (χ3n) is 4.33. The predicted molar refractivity (Wildman–Crippen MR) is 67.6 cm³/mol. The van der Waals surface area contributed by atoms with Crippen LogP contribution in [0.15, 0.2) is 0 Å². The normalized spacial score (nSPS) is 32.1. The second kappa shape index (κ2) is 5.05. The van der Waals surface area contributed by atoms with Crippen LogP contribution in [0.5, 0.6) is 0 Å². The smallest absolute Gasteiger partial charge is 0.0707 e. The Hall–Kier alpha value is -0.0800. The van der Waals surface area contributed by atoms with E-state index in [9.17, 15) is 0 Å². The summed E-state index contributed by atoms with van der Waals surface area (Å²) in [5.41, 5.74) is 0.114. The van der Waals surface area contributed by atoms with Gasteiger partial charge in [0.15, 0.2) is 0 Å². The van der Waals surface area contributed by atoms with Gasteiger partial charge in [0.05, 0.1) is 11.7 Å². The van der Waals surface area contributed by atoms with Gasteiger partial charge in [0.25, 0.3) is 0 Å². The van der Waals surface area contributed by atoms with Crippen LogP contribution in [0.2, 0.25) is 0 Å². The zero-order valence-corrected chi connectivity index (χ0v) is 11.1. The Kier molecular flexibility index (Phi) is 3.91. The number of hydrogen-bond acceptors (Lipinski definition) is 2. The molecule has 1 heterocycles. The molecular weight excluding hydrogens is 198 g/mol. The molecule has 1 saturated carbocycles. The number of rotatable bonds is 4. The quantitative estimate of drug-likeness (QED) is 0.794. The van der Waals surface area contributed by atoms with Gasteiger partial charge >= 0.3 is 0 Å². The summed E-state index contributed by atoms with van der Waals surface area (Å²) >= 11 is 0. The molecule has 1 saturated heterocycles. The molecule has 2 rings (SSSR count). The van der Waals surface area contributed by atoms with Crippen molar-refractivity contribution in [3.8, 4) is 0 Å². The summed E-state index contributed by atoms with van der Waals surface area (Å²) in [6.07, 6.45) is 8.58. The zero-order valence-electron chi connectivity index (χ0n) is 11.1. The van der Waals surface area contributed by atoms with E-state index in [1.165, 1.54) is 38.5 Å². The lowest BCUT2D eigenvalue weighted by Gasteiger charge is -2.24. The molecule has 94 valence electrons. The molecule has 0 aromatic carbocycles. The molecule has 2 nitrogen and oxygen atoms in total. The van der Waals surface area contributed by atoms with Crippen molar-refractivity contribution in [3.63, 3.8) is 0 Å². The summed E-state index contributed by atoms with van der Waals surface area (Å²) < 4.78 is 6.00. The van der Waals surface area contributed by atoms with Crippen molar-refractivity contribution in [2.75, 3.05) is 6.54 Å². The fraction of sp³-hybridized carbons (Fsp3) is 1.00. The summed E-state index contributed by atoms with van der Waals surface area (Å²) in [4.78, 5) is 0. The van der Waals surface area contributed by atoms with E-state index < -0.39 is 0 Å². The van der Waals surface area contributed by atoms with Crippen molar-refractivity contribution < 1.29 is 4.74 Å². The van der Waals surface area contributed by atoms with E-state index in [0.29, 0.717) is 12.1 Å². The van der Waals surface area contributed by atoms with Crippen molar-refractivity contribution >= 4 is 0 Å². The fourth-order valence-corrected chi connectivity index (χ4v) is 3.16. The average molecular weight is 225 g/mol. The van der Waals surface area contributed by atoms with Crippen LogP contribution in [0, 0.1) is 5.92 Å². The largest absolute Gasteiger partial charge is 0.371 e. The van der Waals surface area contributed by atoms with E-state index in [0.717, 1.165) is 12.5 Å². The van der Waals surface area contributed by atoms with Crippen LogP contribution in [0.4, 0.5) is 0 Å². The highest BCUT2D eigenvalue weighted by molar-refractivity contribution is 4.84. The van der Waals surface area contributed by atoms with Gasteiger partial charge in [0, 0.05) is 12.6 Å². The van der Waals surface area contributed by atoms with E-state index >= 15 is 0 Å². The Morgan fingerprint density at radius 2 is 1.94 bits per heavy atom. The Morgan fingerprint density at radius 1 is 1.25 bits per heavy atom. The molecule has 0 aromatic rings. The highest BCUT2D eigenvalue weighted by atomic mass is 16.5. The lowest BCUT2D eigenvalue weighted by Crippen LogP contribution is -2.38. The Balaban J connectivity index is 1.67. The Bertz CT molecular complexity index is 219. The lowest BCUT2D eigenvalue weighted by atomic mass is 9.99. The van der Waals surface area contributed by atoms with Gasteiger partial charge < -0.3 is 10.1 Å². The first kappa shape index (κ1) is 12.4. The van der Waals surface area contributed by atoms with Crippen LogP contribution in [0.25, 0.3) is 0 Å². The van der Waals surface area contributed by atoms with Crippen LogP contribution >= 0.6 is 0 Å². The van der Waals surface area contributed by atoms with Gasteiger partial charge in [-0.15, -0.1) is 0 Å². The summed E-state index contributed by atoms with van der Waals surface area (Å²) in [5.74, 6) is 0.911. The molecule has 2 aliphatic rings. The van der Waals surface area contributed by atoms with Crippen molar-refractivity contribution in [2.24, 2.45) is 5.92 Å². The SMILES string of the molecule is C[C@@H](NCC1CCC(C)(C)O1)C1CCCC1. The first-order chi connectivity index (χ1) is 7.57. The number of hydrogen-bond donors (Lipinski definition) is 1. The number of nitrogens with one attached hydrogen (secondary N) is 1. The van der Waals surface area contributed by atoms with Gasteiger partial charge in [-0.1, -0.05) is 12.8 Å². The minimum absolute atomic E-state index is 0.114. The van der Waals surface area contributed by atoms with Crippen molar-refractivity contribution in [2.45, 2.75) is 77.0 Å². The predicted octanol–water partition coefficient (Wildman–Crippen LogP) is 3.11. The minimum Gasteiger partial charge on any atom is -0.371 e. The number of ether oxygens (including phenoxy) is 1. The van der Waals surface area contributed by atoms with Gasteiger partial charge in [0.1, 0.15) is 0 Å². The summed E-state index contributed by atoms with van der Waals surface area (Å²) in [5, 5.41) is 3.68. The molecule has 1 aliphatic heterocycles. The first-order valence-corrected chi connectivity index (χ1v) is 6.98. The van der Waals surface area contributed by atoms with Gasteiger partial charge in [0.2, 0.25) is 0 Å². The van der Waals surface area contributed by atoms with Gasteiger partial charge in [-0.3, -0.25) is 0 Å². The zero-order chi connectivity index (χ0) is 11.6. The van der Waals surface area contributed by atoms with Crippen LogP contribution in [-0.4, -0.2) is 24.3 Å². The molecular formula is C14H27NO. The van der Waals surface area contributed by atoms with E-state index in [-0.39, 0.29) is 5.60 Å². The van der Waals surface area contributed by atoms with Gasteiger partial charge in [-0.05, 0) is 52.4 Å². The fourth-order valence-electron chi connectivity index (χ4n) is 3.16. The second-order valence-electron chi connectivity index (χ2n) is 6.28. The van der Waals surface area contributed by atoms with Crippen LogP contribution in [-0.2, 0) is 4.74 Å². The summed E-state index contributed by atoms with van der Waals surface area (Å²) in [6.45, 7) is 7.79.